The fraction of sp³-hybridized carbons (Fsp3) is 0.0588. The van der Waals surface area contributed by atoms with Crippen LogP contribution in [0, 0.1) is 11.6 Å². The van der Waals surface area contributed by atoms with Crippen LogP contribution < -0.4 is 10.6 Å². The number of hydrogen-bond donors (Lipinski definition) is 2. The van der Waals surface area contributed by atoms with Crippen molar-refractivity contribution in [3.63, 3.8) is 0 Å². The van der Waals surface area contributed by atoms with Crippen molar-refractivity contribution in [1.82, 2.24) is 9.97 Å². The van der Waals surface area contributed by atoms with Crippen molar-refractivity contribution in [1.29, 1.82) is 0 Å². The lowest BCUT2D eigenvalue weighted by Crippen LogP contribution is -2.04. The van der Waals surface area contributed by atoms with E-state index in [-0.39, 0.29) is 5.69 Å². The van der Waals surface area contributed by atoms with Crippen molar-refractivity contribution in [3.05, 3.63) is 66.2 Å². The highest BCUT2D eigenvalue weighted by Crippen LogP contribution is 2.26. The Morgan fingerprint density at radius 1 is 0.870 bits per heavy atom. The number of nitrogens with zero attached hydrogens (tertiary/aromatic N) is 2. The maximum Gasteiger partial charge on any atom is 0.224 e. The standard InChI is InChI=1S/C17H14F2N4/c1-20-17-21-14(11-6-3-2-4-7-11)10-15(23-17)22-16-12(18)8-5-9-13(16)19/h2-10H,1H3,(H2,20,21,22,23). The van der Waals surface area contributed by atoms with Crippen LogP contribution in [0.25, 0.3) is 11.3 Å². The van der Waals surface area contributed by atoms with Crippen molar-refractivity contribution in [3.8, 4) is 11.3 Å². The van der Waals surface area contributed by atoms with Crippen LogP contribution in [0.2, 0.25) is 0 Å². The largest absolute Gasteiger partial charge is 0.357 e. The third kappa shape index (κ3) is 3.26. The minimum absolute atomic E-state index is 0.243. The summed E-state index contributed by atoms with van der Waals surface area (Å²) in [5, 5.41) is 5.53. The SMILES string of the molecule is CNc1nc(Nc2c(F)cccc2F)cc(-c2ccccc2)n1. The highest BCUT2D eigenvalue weighted by Gasteiger charge is 2.11. The monoisotopic (exact) mass is 312 g/mol. The van der Waals surface area contributed by atoms with E-state index in [4.69, 9.17) is 0 Å². The number of rotatable bonds is 4. The molecule has 0 unspecified atom stereocenters. The molecule has 3 rings (SSSR count). The first-order chi connectivity index (χ1) is 11.2. The average Bonchev–Trinajstić information content (AvgIpc) is 2.59. The van der Waals surface area contributed by atoms with E-state index in [0.717, 1.165) is 5.56 Å². The predicted molar refractivity (Wildman–Crippen MR) is 86.7 cm³/mol. The van der Waals surface area contributed by atoms with Gasteiger partial charge in [0, 0.05) is 18.7 Å². The maximum atomic E-state index is 13.8. The van der Waals surface area contributed by atoms with Crippen LogP contribution in [0.4, 0.5) is 26.2 Å². The fourth-order valence-electron chi connectivity index (χ4n) is 2.13. The molecule has 0 atom stereocenters. The van der Waals surface area contributed by atoms with Crippen molar-refractivity contribution in [2.75, 3.05) is 17.7 Å². The first-order valence-corrected chi connectivity index (χ1v) is 7.00. The molecule has 0 aliphatic carbocycles. The summed E-state index contributed by atoms with van der Waals surface area (Å²) in [4.78, 5) is 8.55. The van der Waals surface area contributed by atoms with E-state index in [2.05, 4.69) is 20.6 Å². The smallest absolute Gasteiger partial charge is 0.224 e. The molecule has 0 amide bonds. The van der Waals surface area contributed by atoms with E-state index < -0.39 is 11.6 Å². The van der Waals surface area contributed by atoms with Gasteiger partial charge in [0.25, 0.3) is 0 Å². The van der Waals surface area contributed by atoms with Crippen LogP contribution in [0.3, 0.4) is 0 Å². The summed E-state index contributed by atoms with van der Waals surface area (Å²) >= 11 is 0. The Bertz CT molecular complexity index is 802. The summed E-state index contributed by atoms with van der Waals surface area (Å²) in [5.74, 6) is -0.718. The summed E-state index contributed by atoms with van der Waals surface area (Å²) in [5.41, 5.74) is 1.28. The van der Waals surface area contributed by atoms with E-state index in [1.54, 1.807) is 13.1 Å². The summed E-state index contributed by atoms with van der Waals surface area (Å²) in [6.45, 7) is 0. The molecule has 0 saturated carbocycles. The summed E-state index contributed by atoms with van der Waals surface area (Å²) < 4.78 is 27.6. The molecule has 1 aromatic heterocycles. The van der Waals surface area contributed by atoms with Gasteiger partial charge in [-0.3, -0.25) is 0 Å². The van der Waals surface area contributed by atoms with Gasteiger partial charge in [-0.05, 0) is 12.1 Å². The molecule has 0 aliphatic rings. The fourth-order valence-corrected chi connectivity index (χ4v) is 2.13. The van der Waals surface area contributed by atoms with Crippen molar-refractivity contribution in [2.24, 2.45) is 0 Å². The third-order valence-corrected chi connectivity index (χ3v) is 3.24. The highest BCUT2D eigenvalue weighted by molar-refractivity contribution is 5.67. The molecule has 0 aliphatic heterocycles. The second-order valence-electron chi connectivity index (χ2n) is 4.80. The summed E-state index contributed by atoms with van der Waals surface area (Å²) in [7, 11) is 1.68. The Labute approximate surface area is 132 Å². The van der Waals surface area contributed by atoms with Gasteiger partial charge in [-0.15, -0.1) is 0 Å². The molecule has 0 spiro atoms. The number of aromatic nitrogens is 2. The Hall–Kier alpha value is -3.02. The van der Waals surface area contributed by atoms with Gasteiger partial charge in [0.15, 0.2) is 0 Å². The predicted octanol–water partition coefficient (Wildman–Crippen LogP) is 4.21. The van der Waals surface area contributed by atoms with Crippen LogP contribution in [0.1, 0.15) is 0 Å². The molecule has 116 valence electrons. The van der Waals surface area contributed by atoms with Crippen LogP contribution in [0.15, 0.2) is 54.6 Å². The Kier molecular flexibility index (Phi) is 4.14. The van der Waals surface area contributed by atoms with Gasteiger partial charge < -0.3 is 10.6 Å². The number of anilines is 3. The highest BCUT2D eigenvalue weighted by atomic mass is 19.1. The first kappa shape index (κ1) is 14.9. The summed E-state index contributed by atoms with van der Waals surface area (Å²) in [6.07, 6.45) is 0. The molecular weight excluding hydrogens is 298 g/mol. The zero-order valence-electron chi connectivity index (χ0n) is 12.3. The van der Waals surface area contributed by atoms with Gasteiger partial charge in [0.1, 0.15) is 23.1 Å². The molecule has 0 bridgehead atoms. The van der Waals surface area contributed by atoms with Crippen LogP contribution in [0.5, 0.6) is 0 Å². The van der Waals surface area contributed by atoms with E-state index in [0.29, 0.717) is 17.5 Å². The molecular formula is C17H14F2N4. The molecule has 3 aromatic rings. The van der Waals surface area contributed by atoms with Crippen LogP contribution in [-0.2, 0) is 0 Å². The number of hydrogen-bond acceptors (Lipinski definition) is 4. The lowest BCUT2D eigenvalue weighted by molar-refractivity contribution is 0.590. The van der Waals surface area contributed by atoms with E-state index in [9.17, 15) is 8.78 Å². The van der Waals surface area contributed by atoms with Crippen LogP contribution in [-0.4, -0.2) is 17.0 Å². The molecule has 6 heteroatoms. The van der Waals surface area contributed by atoms with Gasteiger partial charge in [-0.25, -0.2) is 13.8 Å². The van der Waals surface area contributed by atoms with Crippen LogP contribution >= 0.6 is 0 Å². The number of halogens is 2. The molecule has 23 heavy (non-hydrogen) atoms. The second-order valence-corrected chi connectivity index (χ2v) is 4.80. The maximum absolute atomic E-state index is 13.8. The Morgan fingerprint density at radius 2 is 1.57 bits per heavy atom. The van der Waals surface area contributed by atoms with Gasteiger partial charge in [0.2, 0.25) is 5.95 Å². The zero-order chi connectivity index (χ0) is 16.2. The third-order valence-electron chi connectivity index (χ3n) is 3.24. The van der Waals surface area contributed by atoms with Crippen molar-refractivity contribution < 1.29 is 8.78 Å². The molecule has 0 radical (unpaired) electrons. The van der Waals surface area contributed by atoms with Gasteiger partial charge in [-0.2, -0.15) is 4.98 Å². The van der Waals surface area contributed by atoms with Gasteiger partial charge in [0.05, 0.1) is 5.69 Å². The molecule has 4 nitrogen and oxygen atoms in total. The summed E-state index contributed by atoms with van der Waals surface area (Å²) in [6, 6.07) is 14.8. The number of benzene rings is 2. The first-order valence-electron chi connectivity index (χ1n) is 7.00. The van der Waals surface area contributed by atoms with E-state index in [1.807, 2.05) is 30.3 Å². The molecule has 2 N–H and O–H groups in total. The Balaban J connectivity index is 2.03. The Morgan fingerprint density at radius 3 is 2.22 bits per heavy atom. The van der Waals surface area contributed by atoms with Gasteiger partial charge >= 0.3 is 0 Å². The van der Waals surface area contributed by atoms with Gasteiger partial charge in [-0.1, -0.05) is 36.4 Å². The van der Waals surface area contributed by atoms with Crippen molar-refractivity contribution in [2.45, 2.75) is 0 Å². The zero-order valence-corrected chi connectivity index (χ0v) is 12.3. The minimum Gasteiger partial charge on any atom is -0.357 e. The normalized spacial score (nSPS) is 10.4. The minimum atomic E-state index is -0.684. The molecule has 0 fully saturated rings. The molecule has 0 saturated heterocycles. The second kappa shape index (κ2) is 6.39. The molecule has 1 heterocycles. The van der Waals surface area contributed by atoms with E-state index >= 15 is 0 Å². The quantitative estimate of drug-likeness (QED) is 0.758. The average molecular weight is 312 g/mol. The topological polar surface area (TPSA) is 49.8 Å². The lowest BCUT2D eigenvalue weighted by Gasteiger charge is -2.11. The van der Waals surface area contributed by atoms with E-state index in [1.165, 1.54) is 18.2 Å². The lowest BCUT2D eigenvalue weighted by atomic mass is 10.1. The molecule has 2 aromatic carbocycles. The van der Waals surface area contributed by atoms with Crippen molar-refractivity contribution >= 4 is 17.5 Å². The number of para-hydroxylation sites is 1. The number of nitrogens with one attached hydrogen (secondary N) is 2.